The van der Waals surface area contributed by atoms with Gasteiger partial charge in [0.1, 0.15) is 5.82 Å². The van der Waals surface area contributed by atoms with Crippen molar-refractivity contribution in [2.45, 2.75) is 43.2 Å². The van der Waals surface area contributed by atoms with Crippen LogP contribution in [0.1, 0.15) is 24.7 Å². The second kappa shape index (κ2) is 6.90. The molecule has 0 aliphatic carbocycles. The van der Waals surface area contributed by atoms with Crippen LogP contribution >= 0.6 is 11.8 Å². The fourth-order valence-corrected chi connectivity index (χ4v) is 3.02. The van der Waals surface area contributed by atoms with Crippen LogP contribution in [0.3, 0.4) is 0 Å². The van der Waals surface area contributed by atoms with Gasteiger partial charge in [0.15, 0.2) is 0 Å². The van der Waals surface area contributed by atoms with Gasteiger partial charge in [-0.15, -0.1) is 0 Å². The lowest BCUT2D eigenvalue weighted by Crippen LogP contribution is -2.05. The highest BCUT2D eigenvalue weighted by Gasteiger charge is 2.16. The first-order valence-corrected chi connectivity index (χ1v) is 7.46. The number of hydrogen-bond donors (Lipinski definition) is 0. The zero-order valence-corrected chi connectivity index (χ0v) is 12.8. The Hall–Kier alpha value is -1.33. The number of aromatic nitrogens is 2. The molecule has 20 heavy (non-hydrogen) atoms. The number of methoxy groups -OCH3 is 1. The standard InChI is InChI=1S/C15H19FN2OS/c1-4-9-18-14(10-19-3)15(11(2)17-18)20-13-7-5-12(16)6-8-13/h5-8H,4,9-10H2,1-3H3. The molecule has 1 heterocycles. The molecule has 0 unspecified atom stereocenters. The molecule has 3 nitrogen and oxygen atoms in total. The molecule has 0 N–H and O–H groups in total. The molecule has 5 heteroatoms. The minimum absolute atomic E-state index is 0.218. The number of hydrogen-bond acceptors (Lipinski definition) is 3. The zero-order valence-electron chi connectivity index (χ0n) is 12.0. The average molecular weight is 294 g/mol. The van der Waals surface area contributed by atoms with Crippen molar-refractivity contribution >= 4 is 11.8 Å². The molecular weight excluding hydrogens is 275 g/mol. The van der Waals surface area contributed by atoms with Crippen LogP contribution in [0.25, 0.3) is 0 Å². The predicted molar refractivity (Wildman–Crippen MR) is 78.5 cm³/mol. The second-order valence-electron chi connectivity index (χ2n) is 4.57. The largest absolute Gasteiger partial charge is 0.378 e. The van der Waals surface area contributed by atoms with Crippen molar-refractivity contribution in [3.63, 3.8) is 0 Å². The van der Waals surface area contributed by atoms with E-state index in [9.17, 15) is 4.39 Å². The highest BCUT2D eigenvalue weighted by Crippen LogP contribution is 2.33. The smallest absolute Gasteiger partial charge is 0.123 e. The van der Waals surface area contributed by atoms with Gasteiger partial charge in [-0.1, -0.05) is 18.7 Å². The summed E-state index contributed by atoms with van der Waals surface area (Å²) in [5, 5.41) is 4.57. The summed E-state index contributed by atoms with van der Waals surface area (Å²) in [5.41, 5.74) is 2.07. The molecule has 0 aliphatic rings. The zero-order chi connectivity index (χ0) is 14.5. The van der Waals surface area contributed by atoms with Crippen LogP contribution in [0.5, 0.6) is 0 Å². The van der Waals surface area contributed by atoms with E-state index < -0.39 is 0 Å². The van der Waals surface area contributed by atoms with Crippen molar-refractivity contribution in [2.75, 3.05) is 7.11 Å². The SMILES string of the molecule is CCCn1nc(C)c(Sc2ccc(F)cc2)c1COC. The average Bonchev–Trinajstić information content (AvgIpc) is 2.71. The molecule has 0 bridgehead atoms. The Balaban J connectivity index is 2.31. The van der Waals surface area contributed by atoms with Crippen LogP contribution in [-0.2, 0) is 17.9 Å². The number of benzene rings is 1. The summed E-state index contributed by atoms with van der Waals surface area (Å²) < 4.78 is 20.3. The van der Waals surface area contributed by atoms with Crippen molar-refractivity contribution in [2.24, 2.45) is 0 Å². The molecular formula is C15H19FN2OS. The van der Waals surface area contributed by atoms with E-state index in [0.29, 0.717) is 6.61 Å². The van der Waals surface area contributed by atoms with Gasteiger partial charge in [-0.2, -0.15) is 5.10 Å². The minimum atomic E-state index is -0.218. The number of rotatable bonds is 6. The van der Waals surface area contributed by atoms with Crippen molar-refractivity contribution < 1.29 is 9.13 Å². The molecule has 2 rings (SSSR count). The molecule has 0 saturated carbocycles. The molecule has 0 fully saturated rings. The molecule has 0 radical (unpaired) electrons. The van der Waals surface area contributed by atoms with Crippen molar-refractivity contribution in [1.29, 1.82) is 0 Å². The van der Waals surface area contributed by atoms with Crippen LogP contribution in [0.4, 0.5) is 4.39 Å². The van der Waals surface area contributed by atoms with E-state index in [1.54, 1.807) is 31.0 Å². The lowest BCUT2D eigenvalue weighted by Gasteiger charge is -2.08. The van der Waals surface area contributed by atoms with E-state index in [4.69, 9.17) is 4.74 Å². The molecule has 2 aromatic rings. The number of aryl methyl sites for hydroxylation is 2. The predicted octanol–water partition coefficient (Wildman–Crippen LogP) is 4.04. The van der Waals surface area contributed by atoms with Crippen LogP contribution in [0, 0.1) is 12.7 Å². The lowest BCUT2D eigenvalue weighted by molar-refractivity contribution is 0.174. The van der Waals surface area contributed by atoms with Gasteiger partial charge >= 0.3 is 0 Å². The molecule has 108 valence electrons. The maximum atomic E-state index is 13.0. The van der Waals surface area contributed by atoms with E-state index in [1.807, 2.05) is 11.6 Å². The number of halogens is 1. The Morgan fingerprint density at radius 3 is 2.60 bits per heavy atom. The molecule has 0 spiro atoms. The third-order valence-corrected chi connectivity index (χ3v) is 4.17. The topological polar surface area (TPSA) is 27.1 Å². The Bertz CT molecular complexity index is 566. The van der Waals surface area contributed by atoms with Crippen LogP contribution < -0.4 is 0 Å². The third kappa shape index (κ3) is 3.41. The Morgan fingerprint density at radius 1 is 1.30 bits per heavy atom. The summed E-state index contributed by atoms with van der Waals surface area (Å²) in [7, 11) is 1.69. The van der Waals surface area contributed by atoms with E-state index in [1.165, 1.54) is 12.1 Å². The van der Waals surface area contributed by atoms with Crippen molar-refractivity contribution in [1.82, 2.24) is 9.78 Å². The first kappa shape index (κ1) is 15.1. The van der Waals surface area contributed by atoms with E-state index >= 15 is 0 Å². The lowest BCUT2D eigenvalue weighted by atomic mass is 10.3. The number of nitrogens with zero attached hydrogens (tertiary/aromatic N) is 2. The van der Waals surface area contributed by atoms with Crippen LogP contribution in [-0.4, -0.2) is 16.9 Å². The fourth-order valence-electron chi connectivity index (χ4n) is 2.04. The summed E-state index contributed by atoms with van der Waals surface area (Å²) >= 11 is 1.61. The van der Waals surface area contributed by atoms with Crippen molar-refractivity contribution in [3.05, 3.63) is 41.5 Å². The highest BCUT2D eigenvalue weighted by molar-refractivity contribution is 7.99. The van der Waals surface area contributed by atoms with Gasteiger partial charge in [0, 0.05) is 18.6 Å². The second-order valence-corrected chi connectivity index (χ2v) is 5.66. The quantitative estimate of drug-likeness (QED) is 0.804. The van der Waals surface area contributed by atoms with Gasteiger partial charge < -0.3 is 4.74 Å². The van der Waals surface area contributed by atoms with Gasteiger partial charge in [-0.25, -0.2) is 4.39 Å². The van der Waals surface area contributed by atoms with Gasteiger partial charge in [0.2, 0.25) is 0 Å². The molecule has 0 amide bonds. The Labute approximate surface area is 123 Å². The van der Waals surface area contributed by atoms with Gasteiger partial charge in [0.05, 0.1) is 22.9 Å². The summed E-state index contributed by atoms with van der Waals surface area (Å²) in [5.74, 6) is -0.218. The van der Waals surface area contributed by atoms with E-state index in [-0.39, 0.29) is 5.82 Å². The first-order valence-electron chi connectivity index (χ1n) is 6.64. The fraction of sp³-hybridized carbons (Fsp3) is 0.400. The summed E-state index contributed by atoms with van der Waals surface area (Å²) in [6.07, 6.45) is 1.03. The van der Waals surface area contributed by atoms with Crippen molar-refractivity contribution in [3.8, 4) is 0 Å². The molecule has 0 atom stereocenters. The summed E-state index contributed by atoms with van der Waals surface area (Å²) in [6.45, 7) is 5.53. The van der Waals surface area contributed by atoms with E-state index in [0.717, 1.165) is 34.1 Å². The Morgan fingerprint density at radius 2 is 2.00 bits per heavy atom. The van der Waals surface area contributed by atoms with Crippen LogP contribution in [0.15, 0.2) is 34.1 Å². The van der Waals surface area contributed by atoms with Gasteiger partial charge in [0.25, 0.3) is 0 Å². The molecule has 1 aromatic carbocycles. The monoisotopic (exact) mass is 294 g/mol. The highest BCUT2D eigenvalue weighted by atomic mass is 32.2. The minimum Gasteiger partial charge on any atom is -0.378 e. The maximum absolute atomic E-state index is 13.0. The molecule has 0 aliphatic heterocycles. The summed E-state index contributed by atoms with van der Waals surface area (Å²) in [6, 6.07) is 6.52. The molecule has 1 aromatic heterocycles. The van der Waals surface area contributed by atoms with Gasteiger partial charge in [-0.05, 0) is 37.6 Å². The third-order valence-electron chi connectivity index (χ3n) is 2.92. The first-order chi connectivity index (χ1) is 9.65. The van der Waals surface area contributed by atoms with E-state index in [2.05, 4.69) is 12.0 Å². The normalized spacial score (nSPS) is 11.0. The number of ether oxygens (including phenoxy) is 1. The maximum Gasteiger partial charge on any atom is 0.123 e. The summed E-state index contributed by atoms with van der Waals surface area (Å²) in [4.78, 5) is 2.11. The van der Waals surface area contributed by atoms with Gasteiger partial charge in [-0.3, -0.25) is 4.68 Å². The Kier molecular flexibility index (Phi) is 5.20. The van der Waals surface area contributed by atoms with Crippen LogP contribution in [0.2, 0.25) is 0 Å². The molecule has 0 saturated heterocycles.